The molecule has 0 spiro atoms. The topological polar surface area (TPSA) is 38.8 Å². The van der Waals surface area contributed by atoms with Gasteiger partial charge in [0.05, 0.1) is 22.4 Å². The fourth-order valence-electron chi connectivity index (χ4n) is 2.61. The number of halogens is 1. The van der Waals surface area contributed by atoms with E-state index in [2.05, 4.69) is 0 Å². The summed E-state index contributed by atoms with van der Waals surface area (Å²) in [4.78, 5) is 14.9. The zero-order valence-electron chi connectivity index (χ0n) is 10.5. The zero-order valence-corrected chi connectivity index (χ0v) is 12.1. The molecule has 2 fully saturated rings. The number of piperidine rings is 1. The summed E-state index contributed by atoms with van der Waals surface area (Å²) in [6.07, 6.45) is 1.82. The summed E-state index contributed by atoms with van der Waals surface area (Å²) in [7, 11) is 0. The van der Waals surface area contributed by atoms with Crippen molar-refractivity contribution in [1.82, 2.24) is 4.90 Å². The van der Waals surface area contributed by atoms with Crippen molar-refractivity contribution >= 4 is 28.8 Å². The van der Waals surface area contributed by atoms with Gasteiger partial charge in [-0.05, 0) is 25.0 Å². The number of nitrogens with zero attached hydrogens (tertiary/aromatic N) is 1. The molecule has 2 aliphatic rings. The number of rotatable bonds is 2. The van der Waals surface area contributed by atoms with E-state index < -0.39 is 0 Å². The molecular weight excluding hydrogens is 286 g/mol. The van der Waals surface area contributed by atoms with E-state index in [-0.39, 0.29) is 12.2 Å². The molecular formula is C13H16ClNO3S. The van der Waals surface area contributed by atoms with Gasteiger partial charge in [0.15, 0.2) is 6.29 Å². The van der Waals surface area contributed by atoms with Gasteiger partial charge in [-0.2, -0.15) is 0 Å². The first-order chi connectivity index (χ1) is 9.24. The summed E-state index contributed by atoms with van der Waals surface area (Å²) in [6, 6.07) is 3.57. The Labute approximate surface area is 121 Å². The fourth-order valence-corrected chi connectivity index (χ4v) is 3.62. The van der Waals surface area contributed by atoms with Crippen LogP contribution >= 0.6 is 22.9 Å². The Bertz CT molecular complexity index is 450. The molecule has 2 saturated heterocycles. The third kappa shape index (κ3) is 2.94. The Kier molecular flexibility index (Phi) is 4.07. The van der Waals surface area contributed by atoms with E-state index in [4.69, 9.17) is 21.1 Å². The van der Waals surface area contributed by atoms with Gasteiger partial charge < -0.3 is 14.4 Å². The predicted octanol–water partition coefficient (Wildman–Crippen LogP) is 2.63. The minimum absolute atomic E-state index is 0.0616. The van der Waals surface area contributed by atoms with Crippen molar-refractivity contribution in [3.63, 3.8) is 0 Å². The molecule has 104 valence electrons. The lowest BCUT2D eigenvalue weighted by Gasteiger charge is -2.33. The van der Waals surface area contributed by atoms with Crippen molar-refractivity contribution in [3.05, 3.63) is 21.3 Å². The van der Waals surface area contributed by atoms with Gasteiger partial charge >= 0.3 is 0 Å². The minimum atomic E-state index is -0.0616. The predicted molar refractivity (Wildman–Crippen MR) is 73.6 cm³/mol. The lowest BCUT2D eigenvalue weighted by Crippen LogP contribution is -2.41. The molecule has 0 saturated carbocycles. The van der Waals surface area contributed by atoms with Gasteiger partial charge in [0.25, 0.3) is 5.91 Å². The molecule has 6 heteroatoms. The van der Waals surface area contributed by atoms with Crippen molar-refractivity contribution in [2.24, 2.45) is 5.92 Å². The van der Waals surface area contributed by atoms with Gasteiger partial charge in [-0.25, -0.2) is 0 Å². The molecule has 19 heavy (non-hydrogen) atoms. The number of hydrogen-bond acceptors (Lipinski definition) is 4. The summed E-state index contributed by atoms with van der Waals surface area (Å²) in [5.74, 6) is 0.502. The Morgan fingerprint density at radius 3 is 2.53 bits per heavy atom. The standard InChI is InChI=1S/C13H16ClNO3S/c14-11-2-1-10(19-11)12(16)15-5-3-9(4-6-15)13-17-7-8-18-13/h1-2,9,13H,3-8H2. The molecule has 0 radical (unpaired) electrons. The highest BCUT2D eigenvalue weighted by molar-refractivity contribution is 7.17. The average Bonchev–Trinajstić information content (AvgIpc) is 3.09. The second-order valence-corrected chi connectivity index (χ2v) is 6.56. The molecule has 0 atom stereocenters. The molecule has 3 heterocycles. The average molecular weight is 302 g/mol. The van der Waals surface area contributed by atoms with Crippen LogP contribution in [0.2, 0.25) is 4.34 Å². The van der Waals surface area contributed by atoms with Crippen molar-refractivity contribution in [1.29, 1.82) is 0 Å². The number of carbonyl (C=O) groups excluding carboxylic acids is 1. The molecule has 4 nitrogen and oxygen atoms in total. The maximum Gasteiger partial charge on any atom is 0.263 e. The summed E-state index contributed by atoms with van der Waals surface area (Å²) >= 11 is 7.21. The molecule has 0 bridgehead atoms. The summed E-state index contributed by atoms with van der Waals surface area (Å²) < 4.78 is 11.7. The molecule has 0 unspecified atom stereocenters. The van der Waals surface area contributed by atoms with Gasteiger partial charge in [0.2, 0.25) is 0 Å². The van der Waals surface area contributed by atoms with Crippen molar-refractivity contribution in [2.75, 3.05) is 26.3 Å². The number of likely N-dealkylation sites (tertiary alicyclic amines) is 1. The highest BCUT2D eigenvalue weighted by atomic mass is 35.5. The zero-order chi connectivity index (χ0) is 13.2. The quantitative estimate of drug-likeness (QED) is 0.843. The molecule has 2 aliphatic heterocycles. The van der Waals surface area contributed by atoms with Crippen LogP contribution < -0.4 is 0 Å². The van der Waals surface area contributed by atoms with E-state index in [0.29, 0.717) is 23.5 Å². The van der Waals surface area contributed by atoms with Gasteiger partial charge in [-0.3, -0.25) is 4.79 Å². The van der Waals surface area contributed by atoms with E-state index in [1.54, 1.807) is 12.1 Å². The van der Waals surface area contributed by atoms with E-state index >= 15 is 0 Å². The van der Waals surface area contributed by atoms with Crippen LogP contribution in [0.1, 0.15) is 22.5 Å². The maximum absolute atomic E-state index is 12.3. The summed E-state index contributed by atoms with van der Waals surface area (Å²) in [6.45, 7) is 2.92. The van der Waals surface area contributed by atoms with Crippen LogP contribution in [0.5, 0.6) is 0 Å². The molecule has 0 N–H and O–H groups in total. The molecule has 3 rings (SSSR count). The van der Waals surface area contributed by atoms with Crippen LogP contribution in [-0.4, -0.2) is 43.4 Å². The molecule has 1 amide bonds. The minimum Gasteiger partial charge on any atom is -0.350 e. The number of carbonyl (C=O) groups is 1. The van der Waals surface area contributed by atoms with Crippen LogP contribution in [-0.2, 0) is 9.47 Å². The van der Waals surface area contributed by atoms with Gasteiger partial charge in [-0.1, -0.05) is 11.6 Å². The smallest absolute Gasteiger partial charge is 0.263 e. The Balaban J connectivity index is 1.56. The maximum atomic E-state index is 12.3. The third-order valence-corrected chi connectivity index (χ3v) is 4.86. The van der Waals surface area contributed by atoms with E-state index in [1.807, 2.05) is 4.90 Å². The first kappa shape index (κ1) is 13.4. The van der Waals surface area contributed by atoms with Crippen molar-refractivity contribution in [3.8, 4) is 0 Å². The van der Waals surface area contributed by atoms with Crippen molar-refractivity contribution in [2.45, 2.75) is 19.1 Å². The van der Waals surface area contributed by atoms with Gasteiger partial charge in [0, 0.05) is 19.0 Å². The van der Waals surface area contributed by atoms with Crippen LogP contribution in [0.3, 0.4) is 0 Å². The van der Waals surface area contributed by atoms with E-state index in [9.17, 15) is 4.79 Å². The van der Waals surface area contributed by atoms with Gasteiger partial charge in [-0.15, -0.1) is 11.3 Å². The number of ether oxygens (including phenoxy) is 2. The Morgan fingerprint density at radius 1 is 1.26 bits per heavy atom. The Hall–Kier alpha value is -0.620. The number of hydrogen-bond donors (Lipinski definition) is 0. The largest absolute Gasteiger partial charge is 0.350 e. The van der Waals surface area contributed by atoms with Crippen LogP contribution in [0.4, 0.5) is 0 Å². The second-order valence-electron chi connectivity index (χ2n) is 4.84. The molecule has 1 aromatic rings. The van der Waals surface area contributed by atoms with Gasteiger partial charge in [0.1, 0.15) is 0 Å². The lowest BCUT2D eigenvalue weighted by atomic mass is 9.96. The van der Waals surface area contributed by atoms with Crippen LogP contribution in [0.15, 0.2) is 12.1 Å². The number of thiophene rings is 1. The molecule has 1 aromatic heterocycles. The first-order valence-electron chi connectivity index (χ1n) is 6.52. The first-order valence-corrected chi connectivity index (χ1v) is 7.71. The van der Waals surface area contributed by atoms with E-state index in [1.165, 1.54) is 11.3 Å². The molecule has 0 aromatic carbocycles. The van der Waals surface area contributed by atoms with E-state index in [0.717, 1.165) is 30.8 Å². The fraction of sp³-hybridized carbons (Fsp3) is 0.615. The number of amides is 1. The third-order valence-electron chi connectivity index (χ3n) is 3.64. The Morgan fingerprint density at radius 2 is 1.95 bits per heavy atom. The van der Waals surface area contributed by atoms with Crippen LogP contribution in [0.25, 0.3) is 0 Å². The van der Waals surface area contributed by atoms with Crippen LogP contribution in [0, 0.1) is 5.92 Å². The van der Waals surface area contributed by atoms with Crippen molar-refractivity contribution < 1.29 is 14.3 Å². The second kappa shape index (κ2) is 5.79. The SMILES string of the molecule is O=C(c1ccc(Cl)s1)N1CCC(C2OCCO2)CC1. The summed E-state index contributed by atoms with van der Waals surface area (Å²) in [5.41, 5.74) is 0. The monoisotopic (exact) mass is 301 g/mol. The lowest BCUT2D eigenvalue weighted by molar-refractivity contribution is -0.0955. The highest BCUT2D eigenvalue weighted by Crippen LogP contribution is 2.28. The normalized spacial score (nSPS) is 22.1. The summed E-state index contributed by atoms with van der Waals surface area (Å²) in [5, 5.41) is 0. The molecule has 0 aliphatic carbocycles. The highest BCUT2D eigenvalue weighted by Gasteiger charge is 2.32.